The van der Waals surface area contributed by atoms with Crippen LogP contribution in [0, 0.1) is 6.92 Å². The number of aryl methyl sites for hydroxylation is 1. The number of hydrogen-bond donors (Lipinski definition) is 1. The zero-order valence-electron chi connectivity index (χ0n) is 6.47. The van der Waals surface area contributed by atoms with Crippen LogP contribution in [0.5, 0.6) is 0 Å². The Kier molecular flexibility index (Phi) is 2.29. The molecule has 0 radical (unpaired) electrons. The van der Waals surface area contributed by atoms with Gasteiger partial charge >= 0.3 is 6.18 Å². The maximum atomic E-state index is 11.9. The van der Waals surface area contributed by atoms with Crippen molar-refractivity contribution >= 4 is 22.3 Å². The number of nitrogen functional groups attached to an aromatic ring is 1. The molecule has 3 nitrogen and oxygen atoms in total. The van der Waals surface area contributed by atoms with Crippen molar-refractivity contribution in [3.05, 3.63) is 10.6 Å². The zero-order valence-corrected chi connectivity index (χ0v) is 7.29. The third-order valence-electron chi connectivity index (χ3n) is 1.28. The summed E-state index contributed by atoms with van der Waals surface area (Å²) in [6, 6.07) is 0. The Bertz CT molecular complexity index is 344. The summed E-state index contributed by atoms with van der Waals surface area (Å²) in [7, 11) is 0. The fraction of sp³-hybridized carbons (Fsp3) is 0.333. The average molecular weight is 210 g/mol. The van der Waals surface area contributed by atoms with Crippen LogP contribution in [0.1, 0.15) is 15.4 Å². The van der Waals surface area contributed by atoms with Gasteiger partial charge in [-0.05, 0) is 6.92 Å². The summed E-state index contributed by atoms with van der Waals surface area (Å²) in [5.74, 6) is -1.89. The number of rotatable bonds is 1. The van der Waals surface area contributed by atoms with Crippen molar-refractivity contribution in [2.45, 2.75) is 13.1 Å². The number of alkyl halides is 3. The molecule has 0 aliphatic rings. The van der Waals surface area contributed by atoms with Crippen molar-refractivity contribution in [3.63, 3.8) is 0 Å². The van der Waals surface area contributed by atoms with E-state index >= 15 is 0 Å². The second kappa shape index (κ2) is 2.99. The van der Waals surface area contributed by atoms with Crippen molar-refractivity contribution in [1.82, 2.24) is 4.98 Å². The summed E-state index contributed by atoms with van der Waals surface area (Å²) in [4.78, 5) is 13.8. The second-order valence-electron chi connectivity index (χ2n) is 2.29. The summed E-state index contributed by atoms with van der Waals surface area (Å²) in [6.45, 7) is 1.31. The summed E-state index contributed by atoms with van der Waals surface area (Å²) < 4.78 is 35.7. The van der Waals surface area contributed by atoms with Crippen molar-refractivity contribution in [2.75, 3.05) is 5.73 Å². The van der Waals surface area contributed by atoms with E-state index in [0.717, 1.165) is 0 Å². The third-order valence-corrected chi connectivity index (χ3v) is 2.26. The summed E-state index contributed by atoms with van der Waals surface area (Å²) >= 11 is 0.546. The quantitative estimate of drug-likeness (QED) is 0.719. The fourth-order valence-corrected chi connectivity index (χ4v) is 1.55. The molecule has 0 saturated carbocycles. The molecule has 0 spiro atoms. The number of nitrogens with two attached hydrogens (primary N) is 1. The highest BCUT2D eigenvalue weighted by molar-refractivity contribution is 7.17. The van der Waals surface area contributed by atoms with Gasteiger partial charge in [-0.15, -0.1) is 0 Å². The Labute approximate surface area is 75.4 Å². The number of anilines is 1. The van der Waals surface area contributed by atoms with Gasteiger partial charge in [-0.2, -0.15) is 13.2 Å². The first-order valence-electron chi connectivity index (χ1n) is 3.17. The Hall–Kier alpha value is -1.11. The zero-order chi connectivity index (χ0) is 10.2. The molecular weight excluding hydrogens is 205 g/mol. The number of ketones is 1. The van der Waals surface area contributed by atoms with Gasteiger partial charge in [-0.1, -0.05) is 11.3 Å². The van der Waals surface area contributed by atoms with Gasteiger partial charge in [0.05, 0.1) is 5.69 Å². The van der Waals surface area contributed by atoms with Crippen molar-refractivity contribution in [1.29, 1.82) is 0 Å². The third kappa shape index (κ3) is 1.97. The molecule has 0 aliphatic carbocycles. The lowest BCUT2D eigenvalue weighted by Crippen LogP contribution is -2.22. The van der Waals surface area contributed by atoms with E-state index in [0.29, 0.717) is 11.3 Å². The fourth-order valence-electron chi connectivity index (χ4n) is 0.757. The smallest absolute Gasteiger partial charge is 0.375 e. The van der Waals surface area contributed by atoms with Crippen LogP contribution in [-0.4, -0.2) is 16.9 Å². The molecule has 0 aliphatic heterocycles. The molecule has 0 aromatic carbocycles. The van der Waals surface area contributed by atoms with Crippen LogP contribution in [0.3, 0.4) is 0 Å². The van der Waals surface area contributed by atoms with Crippen LogP contribution in [0.25, 0.3) is 0 Å². The van der Waals surface area contributed by atoms with E-state index in [-0.39, 0.29) is 10.8 Å². The molecule has 1 aromatic rings. The summed E-state index contributed by atoms with van der Waals surface area (Å²) in [5, 5.41) is -0.0369. The number of carbonyl (C=O) groups excluding carboxylic acids is 1. The number of nitrogens with zero attached hydrogens (tertiary/aromatic N) is 1. The number of carbonyl (C=O) groups is 1. The number of halogens is 3. The summed E-state index contributed by atoms with van der Waals surface area (Å²) in [5.41, 5.74) is 5.17. The van der Waals surface area contributed by atoms with Gasteiger partial charge in [0.2, 0.25) is 0 Å². The number of thiazole rings is 1. The first kappa shape index (κ1) is 9.97. The highest BCUT2D eigenvalue weighted by atomic mass is 32.1. The minimum atomic E-state index is -4.86. The van der Waals surface area contributed by atoms with Crippen molar-refractivity contribution < 1.29 is 18.0 Å². The minimum absolute atomic E-state index is 0.0184. The second-order valence-corrected chi connectivity index (χ2v) is 3.32. The normalized spacial score (nSPS) is 11.7. The number of aromatic nitrogens is 1. The standard InChI is InChI=1S/C6H5F3N2OS/c1-2-3(13-5(10)11-2)4(12)6(7,8)9/h1H3,(H2,10,11). The minimum Gasteiger partial charge on any atom is -0.375 e. The molecule has 1 heterocycles. The Morgan fingerprint density at radius 3 is 2.38 bits per heavy atom. The van der Waals surface area contributed by atoms with E-state index in [1.54, 1.807) is 0 Å². The molecule has 1 rings (SSSR count). The molecule has 1 aromatic heterocycles. The van der Waals surface area contributed by atoms with E-state index in [2.05, 4.69) is 4.98 Å². The van der Waals surface area contributed by atoms with Crippen molar-refractivity contribution in [2.24, 2.45) is 0 Å². The van der Waals surface area contributed by atoms with Crippen LogP contribution in [0.4, 0.5) is 18.3 Å². The predicted octanol–water partition coefficient (Wildman–Crippen LogP) is 1.78. The number of Topliss-reactive ketones (excluding diaryl/α,β-unsaturated/α-hetero) is 1. The Balaban J connectivity index is 3.09. The van der Waals surface area contributed by atoms with Crippen LogP contribution in [-0.2, 0) is 0 Å². The lowest BCUT2D eigenvalue weighted by atomic mass is 10.3. The van der Waals surface area contributed by atoms with Gasteiger partial charge in [-0.3, -0.25) is 4.79 Å². The maximum Gasteiger partial charge on any atom is 0.455 e. The van der Waals surface area contributed by atoms with Crippen LogP contribution in [0.15, 0.2) is 0 Å². The van der Waals surface area contributed by atoms with E-state index < -0.39 is 16.8 Å². The first-order chi connectivity index (χ1) is 5.82. The Morgan fingerprint density at radius 1 is 1.54 bits per heavy atom. The molecular formula is C6H5F3N2OS. The highest BCUT2D eigenvalue weighted by Gasteiger charge is 2.41. The average Bonchev–Trinajstić information content (AvgIpc) is 2.26. The molecule has 0 unspecified atom stereocenters. The maximum absolute atomic E-state index is 11.9. The molecule has 0 saturated heterocycles. The molecule has 2 N–H and O–H groups in total. The highest BCUT2D eigenvalue weighted by Crippen LogP contribution is 2.28. The topological polar surface area (TPSA) is 56.0 Å². The molecule has 0 fully saturated rings. The lowest BCUT2D eigenvalue weighted by molar-refractivity contribution is -0.0883. The molecule has 0 bridgehead atoms. The van der Waals surface area contributed by atoms with E-state index in [1.165, 1.54) is 6.92 Å². The molecule has 0 amide bonds. The van der Waals surface area contributed by atoms with E-state index in [9.17, 15) is 18.0 Å². The SMILES string of the molecule is Cc1nc(N)sc1C(=O)C(F)(F)F. The summed E-state index contributed by atoms with van der Waals surface area (Å²) in [6.07, 6.45) is -4.86. The van der Waals surface area contributed by atoms with Crippen LogP contribution in [0.2, 0.25) is 0 Å². The molecule has 7 heteroatoms. The van der Waals surface area contributed by atoms with Crippen LogP contribution < -0.4 is 5.73 Å². The van der Waals surface area contributed by atoms with E-state index in [4.69, 9.17) is 5.73 Å². The first-order valence-corrected chi connectivity index (χ1v) is 3.98. The lowest BCUT2D eigenvalue weighted by Gasteiger charge is -2.01. The van der Waals surface area contributed by atoms with Gasteiger partial charge < -0.3 is 5.73 Å². The molecule has 13 heavy (non-hydrogen) atoms. The van der Waals surface area contributed by atoms with E-state index in [1.807, 2.05) is 0 Å². The Morgan fingerprint density at radius 2 is 2.08 bits per heavy atom. The largest absolute Gasteiger partial charge is 0.455 e. The van der Waals surface area contributed by atoms with Gasteiger partial charge in [0.25, 0.3) is 5.78 Å². The van der Waals surface area contributed by atoms with Gasteiger partial charge in [0.1, 0.15) is 4.88 Å². The monoisotopic (exact) mass is 210 g/mol. The van der Waals surface area contributed by atoms with Gasteiger partial charge in [-0.25, -0.2) is 4.98 Å². The van der Waals surface area contributed by atoms with Gasteiger partial charge in [0.15, 0.2) is 5.13 Å². The molecule has 72 valence electrons. The molecule has 0 atom stereocenters. The predicted molar refractivity (Wildman–Crippen MR) is 41.6 cm³/mol. The number of hydrogen-bond acceptors (Lipinski definition) is 4. The van der Waals surface area contributed by atoms with Crippen LogP contribution >= 0.6 is 11.3 Å². The van der Waals surface area contributed by atoms with Crippen molar-refractivity contribution in [3.8, 4) is 0 Å². The van der Waals surface area contributed by atoms with Gasteiger partial charge in [0, 0.05) is 0 Å².